The second-order valence-corrected chi connectivity index (χ2v) is 5.66. The third-order valence-corrected chi connectivity index (χ3v) is 4.14. The van der Waals surface area contributed by atoms with Gasteiger partial charge in [0.05, 0.1) is 6.61 Å². The number of hydrogen-bond donors (Lipinski definition) is 2. The summed E-state index contributed by atoms with van der Waals surface area (Å²) in [5.41, 5.74) is 0.837. The number of halogens is 1. The fraction of sp³-hybridized carbons (Fsp3) is 0.467. The average Bonchev–Trinajstić information content (AvgIpc) is 2.51. The summed E-state index contributed by atoms with van der Waals surface area (Å²) >= 11 is 0. The highest BCUT2D eigenvalue weighted by molar-refractivity contribution is 5.97. The summed E-state index contributed by atoms with van der Waals surface area (Å²) in [6.45, 7) is 1.60. The van der Waals surface area contributed by atoms with E-state index in [1.807, 2.05) is 11.0 Å². The molecule has 22 heavy (non-hydrogen) atoms. The standard InChI is InChI=1S/C15H18FN3O3/c16-11-3-1-2-10(6-11)7-18-4-5-19-13(8-18)14(21)17-12(9-20)15(19)22/h1-3,6,12-13,20H,4-5,7-9H2,(H,17,21)/t12-,13+/m0/s1. The van der Waals surface area contributed by atoms with Gasteiger partial charge in [-0.3, -0.25) is 14.5 Å². The molecule has 0 bridgehead atoms. The highest BCUT2D eigenvalue weighted by Crippen LogP contribution is 2.18. The minimum absolute atomic E-state index is 0.238. The van der Waals surface area contributed by atoms with E-state index in [9.17, 15) is 14.0 Å². The molecule has 6 nitrogen and oxygen atoms in total. The van der Waals surface area contributed by atoms with E-state index < -0.39 is 12.1 Å². The Kier molecular flexibility index (Phi) is 4.08. The highest BCUT2D eigenvalue weighted by atomic mass is 19.1. The van der Waals surface area contributed by atoms with Gasteiger partial charge >= 0.3 is 0 Å². The number of nitrogens with one attached hydrogen (secondary N) is 1. The molecule has 1 aromatic rings. The number of aliphatic hydroxyl groups is 1. The fourth-order valence-electron chi connectivity index (χ4n) is 3.02. The summed E-state index contributed by atoms with van der Waals surface area (Å²) < 4.78 is 13.2. The quantitative estimate of drug-likeness (QED) is 0.777. The molecule has 2 N–H and O–H groups in total. The molecule has 2 atom stereocenters. The van der Waals surface area contributed by atoms with Crippen LogP contribution in [0.5, 0.6) is 0 Å². The van der Waals surface area contributed by atoms with Crippen molar-refractivity contribution in [3.8, 4) is 0 Å². The van der Waals surface area contributed by atoms with Crippen LogP contribution in [0.4, 0.5) is 4.39 Å². The van der Waals surface area contributed by atoms with Crippen molar-refractivity contribution in [3.05, 3.63) is 35.6 Å². The molecule has 2 aliphatic heterocycles. The lowest BCUT2D eigenvalue weighted by Gasteiger charge is -2.45. The zero-order valence-corrected chi connectivity index (χ0v) is 12.0. The van der Waals surface area contributed by atoms with Gasteiger partial charge in [-0.05, 0) is 17.7 Å². The van der Waals surface area contributed by atoms with Crippen LogP contribution in [-0.2, 0) is 16.1 Å². The van der Waals surface area contributed by atoms with Gasteiger partial charge in [0.25, 0.3) is 0 Å². The largest absolute Gasteiger partial charge is 0.394 e. The predicted molar refractivity (Wildman–Crippen MR) is 76.2 cm³/mol. The van der Waals surface area contributed by atoms with Crippen molar-refractivity contribution in [1.82, 2.24) is 15.1 Å². The molecule has 0 saturated carbocycles. The first-order valence-electron chi connectivity index (χ1n) is 7.27. The van der Waals surface area contributed by atoms with Gasteiger partial charge in [-0.1, -0.05) is 12.1 Å². The third kappa shape index (κ3) is 2.82. The van der Waals surface area contributed by atoms with Gasteiger partial charge in [-0.2, -0.15) is 0 Å². The number of amides is 2. The van der Waals surface area contributed by atoms with Gasteiger partial charge in [-0.25, -0.2) is 4.39 Å². The third-order valence-electron chi connectivity index (χ3n) is 4.14. The van der Waals surface area contributed by atoms with Crippen LogP contribution in [0.3, 0.4) is 0 Å². The first kappa shape index (κ1) is 14.9. The Balaban J connectivity index is 1.68. The van der Waals surface area contributed by atoms with Crippen LogP contribution >= 0.6 is 0 Å². The maximum absolute atomic E-state index is 13.2. The molecule has 0 radical (unpaired) electrons. The van der Waals surface area contributed by atoms with Gasteiger partial charge in [0, 0.05) is 26.2 Å². The van der Waals surface area contributed by atoms with Crippen molar-refractivity contribution in [3.63, 3.8) is 0 Å². The number of aliphatic hydroxyl groups excluding tert-OH is 1. The van der Waals surface area contributed by atoms with Gasteiger partial charge in [0.15, 0.2) is 0 Å². The molecule has 3 rings (SSSR count). The number of fused-ring (bicyclic) bond motifs is 1. The second-order valence-electron chi connectivity index (χ2n) is 5.66. The predicted octanol–water partition coefficient (Wildman–Crippen LogP) is -0.671. The molecule has 118 valence electrons. The van der Waals surface area contributed by atoms with E-state index in [0.29, 0.717) is 26.2 Å². The Labute approximate surface area is 127 Å². The van der Waals surface area contributed by atoms with Crippen LogP contribution < -0.4 is 5.32 Å². The molecule has 0 unspecified atom stereocenters. The number of carbonyl (C=O) groups excluding carboxylic acids is 2. The summed E-state index contributed by atoms with van der Waals surface area (Å²) in [6.07, 6.45) is 0. The summed E-state index contributed by atoms with van der Waals surface area (Å²) in [7, 11) is 0. The van der Waals surface area contributed by atoms with Crippen molar-refractivity contribution in [2.24, 2.45) is 0 Å². The highest BCUT2D eigenvalue weighted by Gasteiger charge is 2.42. The van der Waals surface area contributed by atoms with E-state index >= 15 is 0 Å². The van der Waals surface area contributed by atoms with Crippen LogP contribution in [0.25, 0.3) is 0 Å². The average molecular weight is 307 g/mol. The molecule has 0 aromatic heterocycles. The maximum Gasteiger partial charge on any atom is 0.248 e. The van der Waals surface area contributed by atoms with Gasteiger partial charge in [-0.15, -0.1) is 0 Å². The van der Waals surface area contributed by atoms with Gasteiger partial charge in [0.2, 0.25) is 11.8 Å². The van der Waals surface area contributed by atoms with Crippen molar-refractivity contribution >= 4 is 11.8 Å². The molecule has 2 saturated heterocycles. The zero-order valence-electron chi connectivity index (χ0n) is 12.0. The van der Waals surface area contributed by atoms with Crippen LogP contribution in [0, 0.1) is 5.82 Å². The first-order chi connectivity index (χ1) is 10.6. The van der Waals surface area contributed by atoms with E-state index in [2.05, 4.69) is 5.32 Å². The molecule has 0 aliphatic carbocycles. The molecule has 2 aliphatic rings. The Morgan fingerprint density at radius 1 is 1.32 bits per heavy atom. The monoisotopic (exact) mass is 307 g/mol. The van der Waals surface area contributed by atoms with Gasteiger partial charge in [0.1, 0.15) is 17.9 Å². The number of rotatable bonds is 3. The van der Waals surface area contributed by atoms with Crippen LogP contribution in [0.15, 0.2) is 24.3 Å². The number of carbonyl (C=O) groups is 2. The lowest BCUT2D eigenvalue weighted by molar-refractivity contribution is -0.154. The van der Waals surface area contributed by atoms with E-state index in [0.717, 1.165) is 5.56 Å². The van der Waals surface area contributed by atoms with E-state index in [4.69, 9.17) is 5.11 Å². The minimum atomic E-state index is -0.835. The minimum Gasteiger partial charge on any atom is -0.394 e. The second kappa shape index (κ2) is 6.02. The topological polar surface area (TPSA) is 72.9 Å². The van der Waals surface area contributed by atoms with Crippen LogP contribution in [0.2, 0.25) is 0 Å². The number of piperazine rings is 2. The Morgan fingerprint density at radius 3 is 2.86 bits per heavy atom. The number of nitrogens with zero attached hydrogens (tertiary/aromatic N) is 2. The Hall–Kier alpha value is -1.99. The van der Waals surface area contributed by atoms with E-state index in [-0.39, 0.29) is 24.2 Å². The molecule has 2 amide bonds. The lowest BCUT2D eigenvalue weighted by atomic mass is 10.0. The summed E-state index contributed by atoms with van der Waals surface area (Å²) in [5, 5.41) is 11.7. The molecule has 2 fully saturated rings. The first-order valence-corrected chi connectivity index (χ1v) is 7.27. The normalized spacial score (nSPS) is 25.8. The van der Waals surface area contributed by atoms with Crippen LogP contribution in [0.1, 0.15) is 5.56 Å². The maximum atomic E-state index is 13.2. The molecular formula is C15H18FN3O3. The number of hydrogen-bond acceptors (Lipinski definition) is 4. The SMILES string of the molecule is O=C1N[C@@H](CO)C(=O)N2CCN(Cc3cccc(F)c3)C[C@H]12. The van der Waals surface area contributed by atoms with Crippen molar-refractivity contribution < 1.29 is 19.1 Å². The van der Waals surface area contributed by atoms with Crippen molar-refractivity contribution in [2.75, 3.05) is 26.2 Å². The molecule has 2 heterocycles. The fourth-order valence-corrected chi connectivity index (χ4v) is 3.02. The van der Waals surface area contributed by atoms with Gasteiger partial charge < -0.3 is 15.3 Å². The van der Waals surface area contributed by atoms with Crippen molar-refractivity contribution in [1.29, 1.82) is 0 Å². The van der Waals surface area contributed by atoms with Crippen molar-refractivity contribution in [2.45, 2.75) is 18.6 Å². The van der Waals surface area contributed by atoms with E-state index in [1.54, 1.807) is 6.07 Å². The van der Waals surface area contributed by atoms with Crippen LogP contribution in [-0.4, -0.2) is 65.0 Å². The Bertz CT molecular complexity index is 595. The summed E-state index contributed by atoms with van der Waals surface area (Å²) in [6, 6.07) is 4.98. The lowest BCUT2D eigenvalue weighted by Crippen LogP contribution is -2.69. The summed E-state index contributed by atoms with van der Waals surface area (Å²) in [4.78, 5) is 27.8. The molecule has 0 spiro atoms. The molecule has 1 aromatic carbocycles. The Morgan fingerprint density at radius 2 is 2.14 bits per heavy atom. The smallest absolute Gasteiger partial charge is 0.248 e. The summed E-state index contributed by atoms with van der Waals surface area (Å²) in [5.74, 6) is -0.771. The molecular weight excluding hydrogens is 289 g/mol. The zero-order chi connectivity index (χ0) is 15.7. The number of benzene rings is 1. The van der Waals surface area contributed by atoms with E-state index in [1.165, 1.54) is 17.0 Å². The molecule has 7 heteroatoms.